The van der Waals surface area contributed by atoms with Gasteiger partial charge in [0.1, 0.15) is 22.6 Å². The highest BCUT2D eigenvalue weighted by Gasteiger charge is 2.32. The highest BCUT2D eigenvalue weighted by Crippen LogP contribution is 2.30. The van der Waals surface area contributed by atoms with Crippen LogP contribution < -0.4 is 20.1 Å². The van der Waals surface area contributed by atoms with E-state index in [1.54, 1.807) is 30.3 Å². The number of carbonyl (C=O) groups excluding carboxylic acids is 2. The molecule has 1 saturated heterocycles. The second-order valence-electron chi connectivity index (χ2n) is 6.12. The Morgan fingerprint density at radius 1 is 1.23 bits per heavy atom. The zero-order valence-electron chi connectivity index (χ0n) is 16.2. The Bertz CT molecular complexity index is 995. The van der Waals surface area contributed by atoms with Gasteiger partial charge in [-0.15, -0.1) is 5.10 Å². The molecule has 156 valence electrons. The Kier molecular flexibility index (Phi) is 7.02. The van der Waals surface area contributed by atoms with Crippen molar-refractivity contribution in [2.45, 2.75) is 11.7 Å². The Balaban J connectivity index is 1.57. The van der Waals surface area contributed by atoms with Gasteiger partial charge in [-0.05, 0) is 29.8 Å². The summed E-state index contributed by atoms with van der Waals surface area (Å²) in [7, 11) is 3.02. The highest BCUT2D eigenvalue weighted by molar-refractivity contribution is 8.15. The van der Waals surface area contributed by atoms with Gasteiger partial charge in [-0.3, -0.25) is 9.59 Å². The van der Waals surface area contributed by atoms with Gasteiger partial charge in [0, 0.05) is 12.5 Å². The zero-order chi connectivity index (χ0) is 21.5. The van der Waals surface area contributed by atoms with Crippen LogP contribution in [0.3, 0.4) is 0 Å². The number of amidine groups is 1. The van der Waals surface area contributed by atoms with E-state index in [1.165, 1.54) is 32.6 Å². The van der Waals surface area contributed by atoms with Crippen molar-refractivity contribution >= 4 is 40.6 Å². The molecule has 2 amide bonds. The number of benzene rings is 2. The van der Waals surface area contributed by atoms with Crippen molar-refractivity contribution in [1.29, 1.82) is 0 Å². The molecule has 1 atom stereocenters. The van der Waals surface area contributed by atoms with Crippen molar-refractivity contribution in [1.82, 2.24) is 5.32 Å². The van der Waals surface area contributed by atoms with Crippen LogP contribution in [0.5, 0.6) is 11.5 Å². The van der Waals surface area contributed by atoms with Gasteiger partial charge in [-0.2, -0.15) is 5.10 Å². The number of ether oxygens (including phenoxy) is 2. The Morgan fingerprint density at radius 3 is 2.70 bits per heavy atom. The Morgan fingerprint density at radius 2 is 2.00 bits per heavy atom. The van der Waals surface area contributed by atoms with Gasteiger partial charge in [-0.1, -0.05) is 23.9 Å². The van der Waals surface area contributed by atoms with Crippen molar-refractivity contribution in [3.63, 3.8) is 0 Å². The summed E-state index contributed by atoms with van der Waals surface area (Å²) >= 11 is 1.11. The standard InChI is InChI=1S/C20H19FN4O4S/c1-28-14-7-8-15(16(9-14)29-2)23-18(26)10-17-19(27)24-20(30-17)25-22-11-12-3-5-13(21)6-4-12/h3-9,11,17H,10H2,1-2H3,(H,23,26)(H,24,25,27)/b22-11-/t17-/m1/s1. The van der Waals surface area contributed by atoms with Crippen LogP contribution in [0.2, 0.25) is 0 Å². The van der Waals surface area contributed by atoms with E-state index in [9.17, 15) is 14.0 Å². The molecule has 0 spiro atoms. The number of hydrogen-bond acceptors (Lipinski definition) is 7. The number of hydrogen-bond donors (Lipinski definition) is 2. The van der Waals surface area contributed by atoms with Crippen LogP contribution >= 0.6 is 11.8 Å². The highest BCUT2D eigenvalue weighted by atomic mass is 32.2. The van der Waals surface area contributed by atoms with Crippen molar-refractivity contribution < 1.29 is 23.5 Å². The van der Waals surface area contributed by atoms with Crippen molar-refractivity contribution in [3.8, 4) is 11.5 Å². The maximum absolute atomic E-state index is 12.9. The predicted octanol–water partition coefficient (Wildman–Crippen LogP) is 2.79. The van der Waals surface area contributed by atoms with E-state index in [1.807, 2.05) is 0 Å². The zero-order valence-corrected chi connectivity index (χ0v) is 17.0. The van der Waals surface area contributed by atoms with Gasteiger partial charge in [0.15, 0.2) is 5.17 Å². The molecule has 0 bridgehead atoms. The molecule has 3 rings (SSSR count). The lowest BCUT2D eigenvalue weighted by Crippen LogP contribution is -2.28. The van der Waals surface area contributed by atoms with Crippen LogP contribution in [0.15, 0.2) is 52.7 Å². The minimum atomic E-state index is -0.631. The first-order chi connectivity index (χ1) is 14.5. The van der Waals surface area contributed by atoms with Gasteiger partial charge in [0.05, 0.1) is 26.1 Å². The summed E-state index contributed by atoms with van der Waals surface area (Å²) in [5.74, 6) is 0.0291. The molecular formula is C20H19FN4O4S. The fourth-order valence-corrected chi connectivity index (χ4v) is 3.48. The summed E-state index contributed by atoms with van der Waals surface area (Å²) in [6.07, 6.45) is 1.39. The quantitative estimate of drug-likeness (QED) is 0.520. The van der Waals surface area contributed by atoms with E-state index in [4.69, 9.17) is 9.47 Å². The minimum Gasteiger partial charge on any atom is -0.497 e. The predicted molar refractivity (Wildman–Crippen MR) is 114 cm³/mol. The number of nitrogens with zero attached hydrogens (tertiary/aromatic N) is 2. The molecule has 1 fully saturated rings. The molecule has 8 nitrogen and oxygen atoms in total. The van der Waals surface area contributed by atoms with E-state index < -0.39 is 5.25 Å². The molecule has 1 aliphatic rings. The van der Waals surface area contributed by atoms with Crippen LogP contribution in [0.1, 0.15) is 12.0 Å². The summed E-state index contributed by atoms with van der Waals surface area (Å²) in [5.41, 5.74) is 1.14. The topological polar surface area (TPSA) is 101 Å². The fourth-order valence-electron chi connectivity index (χ4n) is 2.55. The molecule has 2 N–H and O–H groups in total. The molecule has 0 aromatic heterocycles. The third-order valence-electron chi connectivity index (χ3n) is 4.06. The molecule has 10 heteroatoms. The maximum atomic E-state index is 12.9. The first-order valence-corrected chi connectivity index (χ1v) is 9.72. The Labute approximate surface area is 176 Å². The number of methoxy groups -OCH3 is 2. The Hall–Kier alpha value is -3.40. The molecule has 1 heterocycles. The van der Waals surface area contributed by atoms with Crippen LogP contribution in [0.25, 0.3) is 0 Å². The second kappa shape index (κ2) is 9.88. The molecule has 30 heavy (non-hydrogen) atoms. The SMILES string of the molecule is COc1ccc(NC(=O)C[C@H]2S/C(=N/N=C\c3ccc(F)cc3)NC2=O)c(OC)c1. The molecule has 2 aromatic carbocycles. The molecule has 2 aromatic rings. The number of carbonyl (C=O) groups is 2. The van der Waals surface area contributed by atoms with Crippen molar-refractivity contribution in [3.05, 3.63) is 53.8 Å². The number of thioether (sulfide) groups is 1. The number of nitrogens with one attached hydrogen (secondary N) is 2. The average Bonchev–Trinajstić information content (AvgIpc) is 3.08. The number of rotatable bonds is 7. The lowest BCUT2D eigenvalue weighted by molar-refractivity contribution is -0.122. The maximum Gasteiger partial charge on any atom is 0.240 e. The van der Waals surface area contributed by atoms with E-state index in [2.05, 4.69) is 20.8 Å². The molecule has 0 aliphatic carbocycles. The molecule has 1 aliphatic heterocycles. The average molecular weight is 430 g/mol. The van der Waals surface area contributed by atoms with Gasteiger partial charge >= 0.3 is 0 Å². The minimum absolute atomic E-state index is 0.0492. The van der Waals surface area contributed by atoms with Crippen LogP contribution in [0, 0.1) is 5.82 Å². The number of amides is 2. The summed E-state index contributed by atoms with van der Waals surface area (Å²) in [5, 5.41) is 12.8. The summed E-state index contributed by atoms with van der Waals surface area (Å²) in [4.78, 5) is 24.5. The summed E-state index contributed by atoms with van der Waals surface area (Å²) in [6, 6.07) is 10.7. The summed E-state index contributed by atoms with van der Waals surface area (Å²) < 4.78 is 23.3. The van der Waals surface area contributed by atoms with Gasteiger partial charge in [-0.25, -0.2) is 4.39 Å². The lowest BCUT2D eigenvalue weighted by Gasteiger charge is -2.12. The van der Waals surface area contributed by atoms with Gasteiger partial charge in [0.25, 0.3) is 0 Å². The molecule has 0 unspecified atom stereocenters. The molecular weight excluding hydrogens is 411 g/mol. The molecule has 0 saturated carbocycles. The van der Waals surface area contributed by atoms with Crippen molar-refractivity contribution in [2.24, 2.45) is 10.2 Å². The second-order valence-corrected chi connectivity index (χ2v) is 7.31. The van der Waals surface area contributed by atoms with E-state index in [-0.39, 0.29) is 29.2 Å². The normalized spacial score (nSPS) is 17.2. The van der Waals surface area contributed by atoms with Crippen LogP contribution in [-0.2, 0) is 9.59 Å². The number of anilines is 1. The summed E-state index contributed by atoms with van der Waals surface area (Å²) in [6.45, 7) is 0. The van der Waals surface area contributed by atoms with E-state index >= 15 is 0 Å². The van der Waals surface area contributed by atoms with Gasteiger partial charge in [0.2, 0.25) is 11.8 Å². The smallest absolute Gasteiger partial charge is 0.240 e. The van der Waals surface area contributed by atoms with E-state index in [0.29, 0.717) is 22.7 Å². The first kappa shape index (κ1) is 21.3. The monoisotopic (exact) mass is 430 g/mol. The van der Waals surface area contributed by atoms with Crippen molar-refractivity contribution in [2.75, 3.05) is 19.5 Å². The van der Waals surface area contributed by atoms with E-state index in [0.717, 1.165) is 11.8 Å². The third kappa shape index (κ3) is 5.57. The fraction of sp³-hybridized carbons (Fsp3) is 0.200. The number of halogens is 1. The third-order valence-corrected chi connectivity index (χ3v) is 5.13. The molecule has 0 radical (unpaired) electrons. The largest absolute Gasteiger partial charge is 0.497 e. The van der Waals surface area contributed by atoms with Crippen LogP contribution in [0.4, 0.5) is 10.1 Å². The van der Waals surface area contributed by atoms with Gasteiger partial charge < -0.3 is 20.1 Å². The first-order valence-electron chi connectivity index (χ1n) is 8.84. The van der Waals surface area contributed by atoms with Crippen LogP contribution in [-0.4, -0.2) is 42.7 Å². The lowest BCUT2D eigenvalue weighted by atomic mass is 10.2.